The molecule has 104 valence electrons. The predicted octanol–water partition coefficient (Wildman–Crippen LogP) is 4.11. The molecule has 0 aromatic heterocycles. The Kier molecular flexibility index (Phi) is 4.35. The molecule has 0 saturated carbocycles. The summed E-state index contributed by atoms with van der Waals surface area (Å²) in [6.07, 6.45) is 0. The Labute approximate surface area is 120 Å². The van der Waals surface area contributed by atoms with Crippen LogP contribution in [0.1, 0.15) is 28.9 Å². The second-order valence-electron chi connectivity index (χ2n) is 4.31. The molecule has 0 saturated heterocycles. The van der Waals surface area contributed by atoms with Crippen molar-refractivity contribution in [3.8, 4) is 0 Å². The molecule has 1 N–H and O–H groups in total. The monoisotopic (exact) mass is 295 g/mol. The minimum absolute atomic E-state index is 0.0169. The fraction of sp³-hybridized carbons (Fsp3) is 0.133. The zero-order chi connectivity index (χ0) is 14.7. The highest BCUT2D eigenvalue weighted by atomic mass is 35.5. The maximum Gasteiger partial charge on any atom is 0.256 e. The van der Waals surface area contributed by atoms with Crippen molar-refractivity contribution in [3.05, 3.63) is 70.2 Å². The van der Waals surface area contributed by atoms with Gasteiger partial charge in [0.05, 0.1) is 16.6 Å². The molecule has 2 rings (SSSR count). The van der Waals surface area contributed by atoms with Crippen molar-refractivity contribution in [1.82, 2.24) is 5.32 Å². The molecule has 2 aromatic carbocycles. The summed E-state index contributed by atoms with van der Waals surface area (Å²) in [6.45, 7) is 1.62. The normalized spacial score (nSPS) is 12.0. The number of rotatable bonds is 3. The first-order valence-corrected chi connectivity index (χ1v) is 6.38. The number of amides is 1. The molecule has 2 nitrogen and oxygen atoms in total. The van der Waals surface area contributed by atoms with Crippen molar-refractivity contribution in [2.45, 2.75) is 13.0 Å². The first-order chi connectivity index (χ1) is 9.50. The van der Waals surface area contributed by atoms with Crippen LogP contribution < -0.4 is 5.32 Å². The van der Waals surface area contributed by atoms with E-state index in [2.05, 4.69) is 5.32 Å². The molecule has 0 spiro atoms. The SMILES string of the molecule is C[C@@H](NC(=O)c1c(F)cccc1Cl)c1ccccc1F. The maximum absolute atomic E-state index is 13.6. The predicted molar refractivity (Wildman–Crippen MR) is 73.7 cm³/mol. The van der Waals surface area contributed by atoms with Crippen LogP contribution in [-0.2, 0) is 0 Å². The Morgan fingerprint density at radius 2 is 1.75 bits per heavy atom. The zero-order valence-electron chi connectivity index (χ0n) is 10.7. The molecule has 5 heteroatoms. The Balaban J connectivity index is 2.22. The molecule has 0 heterocycles. The zero-order valence-corrected chi connectivity index (χ0v) is 11.4. The van der Waals surface area contributed by atoms with Gasteiger partial charge in [0, 0.05) is 5.56 Å². The summed E-state index contributed by atoms with van der Waals surface area (Å²) in [4.78, 5) is 12.0. The molecule has 2 aromatic rings. The third-order valence-corrected chi connectivity index (χ3v) is 3.22. The number of hydrogen-bond acceptors (Lipinski definition) is 1. The van der Waals surface area contributed by atoms with Gasteiger partial charge in [-0.3, -0.25) is 4.79 Å². The molecule has 0 aliphatic heterocycles. The van der Waals surface area contributed by atoms with Gasteiger partial charge in [0.25, 0.3) is 5.91 Å². The van der Waals surface area contributed by atoms with Crippen molar-refractivity contribution in [1.29, 1.82) is 0 Å². The van der Waals surface area contributed by atoms with Crippen molar-refractivity contribution < 1.29 is 13.6 Å². The summed E-state index contributed by atoms with van der Waals surface area (Å²) in [5.41, 5.74) is 0.0886. The fourth-order valence-electron chi connectivity index (χ4n) is 1.89. The van der Waals surface area contributed by atoms with Crippen molar-refractivity contribution in [3.63, 3.8) is 0 Å². The number of nitrogens with one attached hydrogen (secondary N) is 1. The smallest absolute Gasteiger partial charge is 0.256 e. The van der Waals surface area contributed by atoms with Gasteiger partial charge in [-0.25, -0.2) is 8.78 Å². The van der Waals surface area contributed by atoms with Gasteiger partial charge >= 0.3 is 0 Å². The highest BCUT2D eigenvalue weighted by Gasteiger charge is 2.19. The topological polar surface area (TPSA) is 29.1 Å². The van der Waals surface area contributed by atoms with E-state index in [1.54, 1.807) is 25.1 Å². The fourth-order valence-corrected chi connectivity index (χ4v) is 2.14. The average Bonchev–Trinajstić information content (AvgIpc) is 2.38. The van der Waals surface area contributed by atoms with Gasteiger partial charge in [0.1, 0.15) is 11.6 Å². The lowest BCUT2D eigenvalue weighted by atomic mass is 10.1. The molecule has 0 aliphatic rings. The number of halogens is 3. The summed E-state index contributed by atoms with van der Waals surface area (Å²) in [7, 11) is 0. The van der Waals surface area contributed by atoms with E-state index in [0.29, 0.717) is 5.56 Å². The summed E-state index contributed by atoms with van der Waals surface area (Å²) in [5, 5.41) is 2.55. The van der Waals surface area contributed by atoms with E-state index in [0.717, 1.165) is 6.07 Å². The molecule has 0 radical (unpaired) electrons. The van der Waals surface area contributed by atoms with Crippen LogP contribution in [0.5, 0.6) is 0 Å². The molecular weight excluding hydrogens is 284 g/mol. The number of hydrogen-bond donors (Lipinski definition) is 1. The Morgan fingerprint density at radius 3 is 2.40 bits per heavy atom. The van der Waals surface area contributed by atoms with Gasteiger partial charge in [0.15, 0.2) is 0 Å². The molecule has 0 unspecified atom stereocenters. The first kappa shape index (κ1) is 14.5. The van der Waals surface area contributed by atoms with Gasteiger partial charge in [-0.15, -0.1) is 0 Å². The average molecular weight is 296 g/mol. The minimum Gasteiger partial charge on any atom is -0.345 e. The van der Waals surface area contributed by atoms with Crippen LogP contribution >= 0.6 is 11.6 Å². The summed E-state index contributed by atoms with van der Waals surface area (Å²) < 4.78 is 27.2. The lowest BCUT2D eigenvalue weighted by Gasteiger charge is -2.15. The standard InChI is InChI=1S/C15H12ClF2NO/c1-9(10-5-2-3-7-12(10)17)19-15(20)14-11(16)6-4-8-13(14)18/h2-9H,1H3,(H,19,20)/t9-/m1/s1. The van der Waals surface area contributed by atoms with Crippen LogP contribution in [-0.4, -0.2) is 5.91 Å². The van der Waals surface area contributed by atoms with Gasteiger partial charge in [0.2, 0.25) is 0 Å². The maximum atomic E-state index is 13.6. The molecular formula is C15H12ClF2NO. The van der Waals surface area contributed by atoms with Crippen LogP contribution in [0.15, 0.2) is 42.5 Å². The molecule has 0 aliphatic carbocycles. The Bertz CT molecular complexity index is 625. The quantitative estimate of drug-likeness (QED) is 0.907. The van der Waals surface area contributed by atoms with E-state index >= 15 is 0 Å². The van der Waals surface area contributed by atoms with Crippen molar-refractivity contribution >= 4 is 17.5 Å². The van der Waals surface area contributed by atoms with Gasteiger partial charge in [-0.05, 0) is 25.1 Å². The lowest BCUT2D eigenvalue weighted by Crippen LogP contribution is -2.28. The van der Waals surface area contributed by atoms with Crippen LogP contribution in [0, 0.1) is 11.6 Å². The van der Waals surface area contributed by atoms with Gasteiger partial charge in [-0.2, -0.15) is 0 Å². The van der Waals surface area contributed by atoms with Crippen LogP contribution in [0.3, 0.4) is 0 Å². The Morgan fingerprint density at radius 1 is 1.10 bits per heavy atom. The Hall–Kier alpha value is -1.94. The molecule has 0 bridgehead atoms. The second kappa shape index (κ2) is 6.01. The van der Waals surface area contributed by atoms with Crippen LogP contribution in [0.4, 0.5) is 8.78 Å². The molecule has 20 heavy (non-hydrogen) atoms. The summed E-state index contributed by atoms with van der Waals surface area (Å²) >= 11 is 5.81. The number of benzene rings is 2. The number of carbonyl (C=O) groups excluding carboxylic acids is 1. The number of carbonyl (C=O) groups is 1. The third-order valence-electron chi connectivity index (χ3n) is 2.91. The van der Waals surface area contributed by atoms with Crippen LogP contribution in [0.25, 0.3) is 0 Å². The lowest BCUT2D eigenvalue weighted by molar-refractivity contribution is 0.0935. The van der Waals surface area contributed by atoms with E-state index in [1.807, 2.05) is 0 Å². The third kappa shape index (κ3) is 2.96. The van der Waals surface area contributed by atoms with E-state index in [9.17, 15) is 13.6 Å². The molecule has 1 amide bonds. The van der Waals surface area contributed by atoms with E-state index < -0.39 is 23.6 Å². The minimum atomic E-state index is -0.712. The van der Waals surface area contributed by atoms with Crippen molar-refractivity contribution in [2.24, 2.45) is 0 Å². The van der Waals surface area contributed by atoms with Gasteiger partial charge < -0.3 is 5.32 Å². The summed E-state index contributed by atoms with van der Waals surface area (Å²) in [5.74, 6) is -1.82. The van der Waals surface area contributed by atoms with Gasteiger partial charge in [-0.1, -0.05) is 35.9 Å². The molecule has 1 atom stereocenters. The highest BCUT2D eigenvalue weighted by molar-refractivity contribution is 6.33. The van der Waals surface area contributed by atoms with Crippen LogP contribution in [0.2, 0.25) is 5.02 Å². The van der Waals surface area contributed by atoms with Crippen molar-refractivity contribution in [2.75, 3.05) is 0 Å². The largest absolute Gasteiger partial charge is 0.345 e. The van der Waals surface area contributed by atoms with E-state index in [1.165, 1.54) is 18.2 Å². The van der Waals surface area contributed by atoms with E-state index in [-0.39, 0.29) is 10.6 Å². The first-order valence-electron chi connectivity index (χ1n) is 6.00. The summed E-state index contributed by atoms with van der Waals surface area (Å²) in [6, 6.07) is 9.46. The highest BCUT2D eigenvalue weighted by Crippen LogP contribution is 2.21. The van der Waals surface area contributed by atoms with E-state index in [4.69, 9.17) is 11.6 Å². The second-order valence-corrected chi connectivity index (χ2v) is 4.72. The molecule has 0 fully saturated rings.